The third-order valence-corrected chi connectivity index (χ3v) is 5.27. The van der Waals surface area contributed by atoms with Gasteiger partial charge in [-0.1, -0.05) is 13.3 Å². The van der Waals surface area contributed by atoms with Gasteiger partial charge in [0.25, 0.3) is 0 Å². The van der Waals surface area contributed by atoms with Crippen molar-refractivity contribution in [3.8, 4) is 0 Å². The predicted octanol–water partition coefficient (Wildman–Crippen LogP) is 2.01. The van der Waals surface area contributed by atoms with Gasteiger partial charge < -0.3 is 19.9 Å². The summed E-state index contributed by atoms with van der Waals surface area (Å²) in [6.07, 6.45) is 2.08. The van der Waals surface area contributed by atoms with Crippen LogP contribution in [-0.4, -0.2) is 36.2 Å². The molecule has 0 unspecified atom stereocenters. The van der Waals surface area contributed by atoms with Crippen molar-refractivity contribution in [2.45, 2.75) is 51.2 Å². The molecule has 0 radical (unpaired) electrons. The van der Waals surface area contributed by atoms with E-state index in [1.165, 1.54) is 11.3 Å². The molecule has 3 rings (SSSR count). The molecule has 1 aromatic rings. The number of thiazole rings is 1. The molecule has 7 nitrogen and oxygen atoms in total. The lowest BCUT2D eigenvalue weighted by Gasteiger charge is -2.20. The van der Waals surface area contributed by atoms with E-state index in [1.807, 2.05) is 0 Å². The van der Waals surface area contributed by atoms with Crippen molar-refractivity contribution in [2.24, 2.45) is 5.41 Å². The van der Waals surface area contributed by atoms with Gasteiger partial charge >= 0.3 is 11.9 Å². The SMILES string of the molecule is CCCCOC[C@@H]1C[C@@]2(C[C@](C)(c3csc(N)n3)OC2=O)C(=O)O1. The van der Waals surface area contributed by atoms with Gasteiger partial charge in [-0.3, -0.25) is 9.59 Å². The van der Waals surface area contributed by atoms with Gasteiger partial charge in [-0.2, -0.15) is 0 Å². The number of ether oxygens (including phenoxy) is 3. The van der Waals surface area contributed by atoms with Gasteiger partial charge in [0.1, 0.15) is 6.10 Å². The van der Waals surface area contributed by atoms with Gasteiger partial charge in [0.05, 0.1) is 12.3 Å². The second kappa shape index (κ2) is 6.33. The summed E-state index contributed by atoms with van der Waals surface area (Å²) < 4.78 is 16.5. The fourth-order valence-electron chi connectivity index (χ4n) is 3.30. The van der Waals surface area contributed by atoms with Crippen LogP contribution in [0.4, 0.5) is 5.13 Å². The molecule has 24 heavy (non-hydrogen) atoms. The van der Waals surface area contributed by atoms with Crippen molar-refractivity contribution in [1.82, 2.24) is 4.98 Å². The molecule has 0 saturated carbocycles. The Kier molecular flexibility index (Phi) is 4.52. The van der Waals surface area contributed by atoms with Gasteiger partial charge in [0.2, 0.25) is 0 Å². The van der Waals surface area contributed by atoms with E-state index in [4.69, 9.17) is 19.9 Å². The number of nitrogens with zero attached hydrogens (tertiary/aromatic N) is 1. The molecular formula is C16H22N2O5S. The molecule has 1 spiro atoms. The van der Waals surface area contributed by atoms with E-state index in [-0.39, 0.29) is 12.8 Å². The van der Waals surface area contributed by atoms with Gasteiger partial charge in [-0.25, -0.2) is 4.98 Å². The Morgan fingerprint density at radius 3 is 2.92 bits per heavy atom. The Labute approximate surface area is 144 Å². The lowest BCUT2D eigenvalue weighted by atomic mass is 9.78. The number of unbranched alkanes of at least 4 members (excludes halogenated alkanes) is 1. The summed E-state index contributed by atoms with van der Waals surface area (Å²) in [5.41, 5.74) is 4.03. The van der Waals surface area contributed by atoms with Crippen LogP contribution in [0.25, 0.3) is 0 Å². The molecule has 8 heteroatoms. The lowest BCUT2D eigenvalue weighted by Crippen LogP contribution is -2.32. The number of esters is 2. The van der Waals surface area contributed by atoms with Crippen molar-refractivity contribution >= 4 is 28.4 Å². The van der Waals surface area contributed by atoms with Crippen LogP contribution in [0.15, 0.2) is 5.38 Å². The summed E-state index contributed by atoms with van der Waals surface area (Å²) in [6, 6.07) is 0. The molecule has 0 aromatic carbocycles. The minimum absolute atomic E-state index is 0.215. The summed E-state index contributed by atoms with van der Waals surface area (Å²) in [6.45, 7) is 4.76. The van der Waals surface area contributed by atoms with E-state index in [2.05, 4.69) is 11.9 Å². The predicted molar refractivity (Wildman–Crippen MR) is 87.2 cm³/mol. The zero-order valence-corrected chi connectivity index (χ0v) is 14.7. The smallest absolute Gasteiger partial charge is 0.324 e. The third kappa shape index (κ3) is 2.88. The van der Waals surface area contributed by atoms with Crippen LogP contribution in [0.2, 0.25) is 0 Å². The van der Waals surface area contributed by atoms with E-state index in [9.17, 15) is 9.59 Å². The largest absolute Gasteiger partial charge is 0.459 e. The number of anilines is 1. The molecule has 2 fully saturated rings. The quantitative estimate of drug-likeness (QED) is 0.474. The molecule has 2 aliphatic rings. The van der Waals surface area contributed by atoms with Gasteiger partial charge in [-0.05, 0) is 13.3 Å². The van der Waals surface area contributed by atoms with E-state index in [1.54, 1.807) is 12.3 Å². The first-order chi connectivity index (χ1) is 11.4. The number of aromatic nitrogens is 1. The second-order valence-corrected chi connectivity index (χ2v) is 7.50. The Morgan fingerprint density at radius 2 is 2.25 bits per heavy atom. The average molecular weight is 354 g/mol. The number of carbonyl (C=O) groups excluding carboxylic acids is 2. The van der Waals surface area contributed by atoms with Crippen LogP contribution in [-0.2, 0) is 29.4 Å². The molecule has 3 atom stereocenters. The molecular weight excluding hydrogens is 332 g/mol. The Hall–Kier alpha value is -1.67. The molecule has 3 heterocycles. The molecule has 0 bridgehead atoms. The van der Waals surface area contributed by atoms with Crippen LogP contribution in [0, 0.1) is 5.41 Å². The lowest BCUT2D eigenvalue weighted by molar-refractivity contribution is -0.160. The third-order valence-electron chi connectivity index (χ3n) is 4.60. The number of cyclic esters (lactones) is 2. The second-order valence-electron chi connectivity index (χ2n) is 6.61. The molecule has 2 N–H and O–H groups in total. The fourth-order valence-corrected chi connectivity index (χ4v) is 3.99. The minimum Gasteiger partial charge on any atom is -0.459 e. The zero-order valence-electron chi connectivity index (χ0n) is 13.9. The highest BCUT2D eigenvalue weighted by Gasteiger charge is 2.65. The van der Waals surface area contributed by atoms with Gasteiger partial charge in [-0.15, -0.1) is 11.3 Å². The molecule has 0 amide bonds. The monoisotopic (exact) mass is 354 g/mol. The van der Waals surface area contributed by atoms with E-state index < -0.39 is 29.1 Å². The highest BCUT2D eigenvalue weighted by molar-refractivity contribution is 7.13. The maximum Gasteiger partial charge on any atom is 0.324 e. The molecule has 2 saturated heterocycles. The number of nitrogens with two attached hydrogens (primary N) is 1. The van der Waals surface area contributed by atoms with Crippen LogP contribution in [0.3, 0.4) is 0 Å². The molecule has 132 valence electrons. The molecule has 2 aliphatic heterocycles. The first-order valence-corrected chi connectivity index (χ1v) is 9.01. The van der Waals surface area contributed by atoms with E-state index >= 15 is 0 Å². The summed E-state index contributed by atoms with van der Waals surface area (Å²) in [4.78, 5) is 29.1. The van der Waals surface area contributed by atoms with E-state index in [0.29, 0.717) is 24.0 Å². The number of hydrogen-bond acceptors (Lipinski definition) is 8. The Balaban J connectivity index is 1.71. The van der Waals surface area contributed by atoms with Gasteiger partial charge in [0.15, 0.2) is 16.1 Å². The number of rotatable bonds is 6. The number of hydrogen-bond donors (Lipinski definition) is 1. The topological polar surface area (TPSA) is 101 Å². The van der Waals surface area contributed by atoms with Crippen LogP contribution >= 0.6 is 11.3 Å². The van der Waals surface area contributed by atoms with Crippen LogP contribution in [0.1, 0.15) is 45.2 Å². The molecule has 0 aliphatic carbocycles. The first-order valence-electron chi connectivity index (χ1n) is 8.13. The first kappa shape index (κ1) is 17.2. The number of nitrogen functional groups attached to an aromatic ring is 1. The maximum absolute atomic E-state index is 12.5. The van der Waals surface area contributed by atoms with Crippen molar-refractivity contribution in [3.05, 3.63) is 11.1 Å². The summed E-state index contributed by atoms with van der Waals surface area (Å²) in [7, 11) is 0. The Bertz CT molecular complexity index is 648. The highest BCUT2D eigenvalue weighted by atomic mass is 32.1. The number of carbonyl (C=O) groups is 2. The van der Waals surface area contributed by atoms with Crippen LogP contribution in [0.5, 0.6) is 0 Å². The Morgan fingerprint density at radius 1 is 1.46 bits per heavy atom. The fraction of sp³-hybridized carbons (Fsp3) is 0.688. The minimum atomic E-state index is -1.26. The summed E-state index contributed by atoms with van der Waals surface area (Å²) in [5.74, 6) is -1.07. The van der Waals surface area contributed by atoms with Gasteiger partial charge in [0, 0.05) is 24.8 Å². The zero-order chi connectivity index (χ0) is 17.4. The highest BCUT2D eigenvalue weighted by Crippen LogP contribution is 2.52. The van der Waals surface area contributed by atoms with E-state index in [0.717, 1.165) is 12.8 Å². The van der Waals surface area contributed by atoms with Crippen molar-refractivity contribution < 1.29 is 23.8 Å². The molecule has 1 aromatic heterocycles. The summed E-state index contributed by atoms with van der Waals surface area (Å²) in [5, 5.41) is 2.16. The summed E-state index contributed by atoms with van der Waals surface area (Å²) >= 11 is 1.28. The normalized spacial score (nSPS) is 32.3. The van der Waals surface area contributed by atoms with Crippen molar-refractivity contribution in [2.75, 3.05) is 18.9 Å². The van der Waals surface area contributed by atoms with Crippen molar-refractivity contribution in [1.29, 1.82) is 0 Å². The standard InChI is InChI=1S/C16H22N2O5S/c1-3-4-5-21-7-10-6-16(12(19)22-10)9-15(2,23-13(16)20)11-8-24-14(17)18-11/h8,10H,3-7,9H2,1-2H3,(H2,17,18)/t10-,15+,16+/m0/s1. The van der Waals surface area contributed by atoms with Crippen molar-refractivity contribution in [3.63, 3.8) is 0 Å². The average Bonchev–Trinajstić information content (AvgIpc) is 3.16. The maximum atomic E-state index is 12.5. The van der Waals surface area contributed by atoms with Crippen LogP contribution < -0.4 is 5.73 Å².